The maximum atomic E-state index is 6.13. The average Bonchev–Trinajstić information content (AvgIpc) is 2.90. The molecule has 1 saturated heterocycles. The normalized spacial score (nSPS) is 22.6. The second-order valence-electron chi connectivity index (χ2n) is 4.96. The smallest absolute Gasteiger partial charge is 0.107 e. The van der Waals surface area contributed by atoms with Crippen LogP contribution in [0.2, 0.25) is 4.34 Å². The number of hydrogen-bond acceptors (Lipinski definition) is 3. The zero-order valence-electron chi connectivity index (χ0n) is 10.7. The molecule has 1 aromatic rings. The largest absolute Gasteiger partial charge is 0.329 e. The highest BCUT2D eigenvalue weighted by atomic mass is 79.9. The lowest BCUT2D eigenvalue weighted by Crippen LogP contribution is -2.31. The quantitative estimate of drug-likeness (QED) is 0.857. The molecule has 2 atom stereocenters. The zero-order valence-corrected chi connectivity index (χ0v) is 13.8. The third kappa shape index (κ3) is 3.28. The Morgan fingerprint density at radius 1 is 1.67 bits per heavy atom. The molecule has 0 bridgehead atoms. The fourth-order valence-corrected chi connectivity index (χ4v) is 4.65. The van der Waals surface area contributed by atoms with E-state index in [9.17, 15) is 0 Å². The summed E-state index contributed by atoms with van der Waals surface area (Å²) in [7, 11) is 0. The molecule has 1 aliphatic rings. The Kier molecular flexibility index (Phi) is 5.51. The van der Waals surface area contributed by atoms with Gasteiger partial charge in [-0.15, -0.1) is 11.3 Å². The van der Waals surface area contributed by atoms with E-state index in [1.165, 1.54) is 37.2 Å². The van der Waals surface area contributed by atoms with Crippen LogP contribution >= 0.6 is 38.9 Å². The zero-order chi connectivity index (χ0) is 13.1. The first kappa shape index (κ1) is 14.8. The average molecular weight is 352 g/mol. The molecule has 0 aliphatic carbocycles. The molecule has 0 amide bonds. The number of thiophene rings is 1. The Labute approximate surface area is 127 Å². The number of halogens is 2. The summed E-state index contributed by atoms with van der Waals surface area (Å²) in [6.07, 6.45) is 3.93. The van der Waals surface area contributed by atoms with Crippen molar-refractivity contribution in [3.05, 3.63) is 19.8 Å². The molecule has 2 heterocycles. The van der Waals surface area contributed by atoms with Crippen molar-refractivity contribution in [1.29, 1.82) is 0 Å². The monoisotopic (exact) mass is 350 g/mol. The molecule has 2 rings (SSSR count). The summed E-state index contributed by atoms with van der Waals surface area (Å²) < 4.78 is 1.82. The van der Waals surface area contributed by atoms with Crippen LogP contribution in [-0.4, -0.2) is 24.5 Å². The third-order valence-electron chi connectivity index (χ3n) is 3.67. The lowest BCUT2D eigenvalue weighted by Gasteiger charge is -2.25. The first-order valence-corrected chi connectivity index (χ1v) is 8.53. The van der Waals surface area contributed by atoms with Gasteiger partial charge in [0.1, 0.15) is 4.34 Å². The predicted molar refractivity (Wildman–Crippen MR) is 83.4 cm³/mol. The van der Waals surface area contributed by atoms with Crippen molar-refractivity contribution in [2.24, 2.45) is 11.7 Å². The van der Waals surface area contributed by atoms with Gasteiger partial charge in [-0.1, -0.05) is 24.9 Å². The fraction of sp³-hybridized carbons (Fsp3) is 0.692. The first-order valence-electron chi connectivity index (χ1n) is 6.54. The minimum absolute atomic E-state index is 0.334. The fourth-order valence-electron chi connectivity index (χ4n) is 2.76. The highest BCUT2D eigenvalue weighted by molar-refractivity contribution is 9.10. The summed E-state index contributed by atoms with van der Waals surface area (Å²) in [5.41, 5.74) is 5.97. The summed E-state index contributed by atoms with van der Waals surface area (Å²) in [5, 5.41) is 0. The van der Waals surface area contributed by atoms with Crippen molar-refractivity contribution in [2.75, 3.05) is 19.6 Å². The van der Waals surface area contributed by atoms with E-state index in [-0.39, 0.29) is 0 Å². The van der Waals surface area contributed by atoms with Gasteiger partial charge in [0.05, 0.1) is 6.04 Å². The SMILES string of the molecule is CCCC1CCN(C(CN)c2cc(Br)c(Cl)s2)C1. The Morgan fingerprint density at radius 3 is 3.00 bits per heavy atom. The maximum Gasteiger partial charge on any atom is 0.107 e. The van der Waals surface area contributed by atoms with E-state index in [1.54, 1.807) is 11.3 Å². The van der Waals surface area contributed by atoms with E-state index in [4.69, 9.17) is 17.3 Å². The highest BCUT2D eigenvalue weighted by Gasteiger charge is 2.29. The van der Waals surface area contributed by atoms with Crippen LogP contribution in [0.5, 0.6) is 0 Å². The second kappa shape index (κ2) is 6.71. The van der Waals surface area contributed by atoms with E-state index in [1.807, 2.05) is 0 Å². The van der Waals surface area contributed by atoms with E-state index in [0.717, 1.165) is 14.7 Å². The van der Waals surface area contributed by atoms with E-state index >= 15 is 0 Å². The van der Waals surface area contributed by atoms with Crippen LogP contribution < -0.4 is 5.73 Å². The summed E-state index contributed by atoms with van der Waals surface area (Å²) in [6, 6.07) is 2.46. The van der Waals surface area contributed by atoms with Gasteiger partial charge in [0.2, 0.25) is 0 Å². The van der Waals surface area contributed by atoms with Crippen molar-refractivity contribution in [3.63, 3.8) is 0 Å². The molecule has 0 aromatic carbocycles. The van der Waals surface area contributed by atoms with Crippen LogP contribution in [-0.2, 0) is 0 Å². The van der Waals surface area contributed by atoms with Gasteiger partial charge in [-0.05, 0) is 47.3 Å². The molecule has 102 valence electrons. The summed E-state index contributed by atoms with van der Waals surface area (Å²) in [4.78, 5) is 3.81. The van der Waals surface area contributed by atoms with Gasteiger partial charge in [-0.3, -0.25) is 4.90 Å². The number of rotatable bonds is 5. The highest BCUT2D eigenvalue weighted by Crippen LogP contribution is 2.38. The summed E-state index contributed by atoms with van der Waals surface area (Å²) in [5.74, 6) is 0.850. The van der Waals surface area contributed by atoms with E-state index in [0.29, 0.717) is 12.6 Å². The van der Waals surface area contributed by atoms with Crippen molar-refractivity contribution in [2.45, 2.75) is 32.2 Å². The van der Waals surface area contributed by atoms with Crippen molar-refractivity contribution < 1.29 is 0 Å². The Morgan fingerprint density at radius 2 is 2.44 bits per heavy atom. The van der Waals surface area contributed by atoms with Gasteiger partial charge in [-0.25, -0.2) is 0 Å². The molecule has 1 aromatic heterocycles. The minimum Gasteiger partial charge on any atom is -0.329 e. The summed E-state index contributed by atoms with van der Waals surface area (Å²) in [6.45, 7) is 5.28. The van der Waals surface area contributed by atoms with Crippen LogP contribution in [0.4, 0.5) is 0 Å². The molecule has 2 unspecified atom stereocenters. The van der Waals surface area contributed by atoms with Gasteiger partial charge >= 0.3 is 0 Å². The van der Waals surface area contributed by atoms with Gasteiger partial charge in [-0.2, -0.15) is 0 Å². The molecular formula is C13H20BrClN2S. The lowest BCUT2D eigenvalue weighted by atomic mass is 10.0. The molecule has 1 aliphatic heterocycles. The second-order valence-corrected chi connectivity index (χ2v) is 7.50. The molecule has 0 radical (unpaired) electrons. The number of nitrogens with zero attached hydrogens (tertiary/aromatic N) is 1. The van der Waals surface area contributed by atoms with Crippen molar-refractivity contribution >= 4 is 38.9 Å². The van der Waals surface area contributed by atoms with Crippen molar-refractivity contribution in [1.82, 2.24) is 4.90 Å². The van der Waals surface area contributed by atoms with E-state index < -0.39 is 0 Å². The number of nitrogens with two attached hydrogens (primary N) is 1. The Hall–Kier alpha value is 0.390. The molecule has 2 N–H and O–H groups in total. The molecule has 18 heavy (non-hydrogen) atoms. The standard InChI is InChI=1S/C13H20BrClN2S/c1-2-3-9-4-5-17(8-9)11(7-16)12-6-10(14)13(15)18-12/h6,9,11H,2-5,7-8,16H2,1H3. The molecule has 0 spiro atoms. The Balaban J connectivity index is 2.05. The Bertz CT molecular complexity index is 377. The van der Waals surface area contributed by atoms with Gasteiger partial charge < -0.3 is 5.73 Å². The topological polar surface area (TPSA) is 29.3 Å². The van der Waals surface area contributed by atoms with Gasteiger partial charge in [0.25, 0.3) is 0 Å². The minimum atomic E-state index is 0.334. The predicted octanol–water partition coefficient (Wildman–Crippen LogP) is 4.29. The van der Waals surface area contributed by atoms with Crippen LogP contribution in [0.15, 0.2) is 10.5 Å². The molecule has 2 nitrogen and oxygen atoms in total. The van der Waals surface area contributed by atoms with Crippen LogP contribution in [0.25, 0.3) is 0 Å². The number of hydrogen-bond donors (Lipinski definition) is 1. The molecule has 5 heteroatoms. The third-order valence-corrected chi connectivity index (χ3v) is 6.25. The lowest BCUT2D eigenvalue weighted by molar-refractivity contribution is 0.243. The van der Waals surface area contributed by atoms with Crippen LogP contribution in [0, 0.1) is 5.92 Å². The molecule has 1 fully saturated rings. The van der Waals surface area contributed by atoms with Crippen molar-refractivity contribution in [3.8, 4) is 0 Å². The first-order chi connectivity index (χ1) is 8.65. The van der Waals surface area contributed by atoms with Crippen LogP contribution in [0.3, 0.4) is 0 Å². The summed E-state index contributed by atoms with van der Waals surface area (Å²) >= 11 is 11.3. The van der Waals surface area contributed by atoms with Crippen LogP contribution in [0.1, 0.15) is 37.1 Å². The van der Waals surface area contributed by atoms with Gasteiger partial charge in [0, 0.05) is 22.4 Å². The molecule has 0 saturated carbocycles. The van der Waals surface area contributed by atoms with Gasteiger partial charge in [0.15, 0.2) is 0 Å². The number of likely N-dealkylation sites (tertiary alicyclic amines) is 1. The van der Waals surface area contributed by atoms with E-state index in [2.05, 4.69) is 33.8 Å². The maximum absolute atomic E-state index is 6.13. The molecular weight excluding hydrogens is 332 g/mol.